The number of carbonyl (C=O) groups is 1. The van der Waals surface area contributed by atoms with E-state index >= 15 is 0 Å². The number of para-hydroxylation sites is 1. The summed E-state index contributed by atoms with van der Waals surface area (Å²) < 4.78 is 0. The first-order valence-corrected chi connectivity index (χ1v) is 10.9. The molecule has 1 amide bonds. The summed E-state index contributed by atoms with van der Waals surface area (Å²) in [6.45, 7) is 4.26. The lowest BCUT2D eigenvalue weighted by Gasteiger charge is -2.28. The van der Waals surface area contributed by atoms with Gasteiger partial charge in [0.15, 0.2) is 0 Å². The van der Waals surface area contributed by atoms with Gasteiger partial charge in [-0.3, -0.25) is 4.79 Å². The van der Waals surface area contributed by atoms with Crippen LogP contribution in [0.25, 0.3) is 22.2 Å². The first-order valence-electron chi connectivity index (χ1n) is 10.9. The van der Waals surface area contributed by atoms with Crippen molar-refractivity contribution in [2.45, 2.75) is 45.6 Å². The second-order valence-corrected chi connectivity index (χ2v) is 9.04. The maximum atomic E-state index is 13.3. The molecule has 0 aliphatic heterocycles. The van der Waals surface area contributed by atoms with E-state index in [1.807, 2.05) is 30.3 Å². The van der Waals surface area contributed by atoms with Crippen molar-refractivity contribution in [2.75, 3.05) is 0 Å². The first-order chi connectivity index (χ1) is 14.1. The fourth-order valence-electron chi connectivity index (χ4n) is 5.53. The van der Waals surface area contributed by atoms with Gasteiger partial charge in [-0.25, -0.2) is 4.98 Å². The number of rotatable bonds is 4. The van der Waals surface area contributed by atoms with E-state index in [4.69, 9.17) is 4.98 Å². The Labute approximate surface area is 172 Å². The van der Waals surface area contributed by atoms with Gasteiger partial charge in [-0.15, -0.1) is 0 Å². The van der Waals surface area contributed by atoms with Crippen LogP contribution in [-0.4, -0.2) is 16.9 Å². The highest BCUT2D eigenvalue weighted by molar-refractivity contribution is 6.07. The molecule has 1 aromatic heterocycles. The molecule has 2 fully saturated rings. The van der Waals surface area contributed by atoms with Crippen molar-refractivity contribution in [3.05, 3.63) is 65.7 Å². The number of benzene rings is 2. The van der Waals surface area contributed by atoms with Crippen LogP contribution in [0.2, 0.25) is 0 Å². The Kier molecular flexibility index (Phi) is 4.61. The minimum atomic E-state index is 0.0206. The van der Waals surface area contributed by atoms with Crippen molar-refractivity contribution >= 4 is 16.8 Å². The molecular formula is C26H28N2O. The Morgan fingerprint density at radius 3 is 2.59 bits per heavy atom. The first kappa shape index (κ1) is 18.4. The number of fused-ring (bicyclic) bond motifs is 3. The smallest absolute Gasteiger partial charge is 0.252 e. The standard InChI is InChI=1S/C26H28N2O/c1-16-7-10-19(11-8-16)25-15-23(21-5-3-4-6-24(21)28-25)26(29)27-17(2)22-14-18-9-12-20(22)13-18/h3-8,10-11,15,17-18,20,22H,9,12-14H2,1-2H3,(H,27,29). The summed E-state index contributed by atoms with van der Waals surface area (Å²) in [4.78, 5) is 18.2. The lowest BCUT2D eigenvalue weighted by molar-refractivity contribution is 0.0917. The van der Waals surface area contributed by atoms with Crippen LogP contribution in [0.5, 0.6) is 0 Å². The SMILES string of the molecule is Cc1ccc(-c2cc(C(=O)NC(C)C3CC4CCC3C4)c3ccccc3n2)cc1. The third kappa shape index (κ3) is 3.43. The number of carbonyl (C=O) groups excluding carboxylic acids is 1. The van der Waals surface area contributed by atoms with E-state index in [1.54, 1.807) is 0 Å². The van der Waals surface area contributed by atoms with Gasteiger partial charge in [-0.05, 0) is 63.0 Å². The van der Waals surface area contributed by atoms with E-state index in [0.717, 1.165) is 39.6 Å². The van der Waals surface area contributed by atoms with Crippen LogP contribution in [0.15, 0.2) is 54.6 Å². The van der Waals surface area contributed by atoms with Crippen molar-refractivity contribution in [1.29, 1.82) is 0 Å². The van der Waals surface area contributed by atoms with Gasteiger partial charge in [0, 0.05) is 17.0 Å². The van der Waals surface area contributed by atoms with Crippen LogP contribution in [0, 0.1) is 24.7 Å². The van der Waals surface area contributed by atoms with Gasteiger partial charge in [0.1, 0.15) is 0 Å². The summed E-state index contributed by atoms with van der Waals surface area (Å²) in [6, 6.07) is 18.4. The lowest BCUT2D eigenvalue weighted by Crippen LogP contribution is -2.40. The predicted octanol–water partition coefficient (Wildman–Crippen LogP) is 5.76. The zero-order chi connectivity index (χ0) is 20.0. The zero-order valence-electron chi connectivity index (χ0n) is 17.2. The van der Waals surface area contributed by atoms with E-state index in [2.05, 4.69) is 43.4 Å². The fraction of sp³-hybridized carbons (Fsp3) is 0.385. The third-order valence-corrected chi connectivity index (χ3v) is 7.10. The Morgan fingerprint density at radius 2 is 1.86 bits per heavy atom. The second-order valence-electron chi connectivity index (χ2n) is 9.04. The molecule has 5 rings (SSSR count). The Morgan fingerprint density at radius 1 is 1.07 bits per heavy atom. The largest absolute Gasteiger partial charge is 0.349 e. The summed E-state index contributed by atoms with van der Waals surface area (Å²) >= 11 is 0. The molecule has 1 N–H and O–H groups in total. The third-order valence-electron chi connectivity index (χ3n) is 7.10. The minimum Gasteiger partial charge on any atom is -0.349 e. The highest BCUT2D eigenvalue weighted by Gasteiger charge is 2.42. The van der Waals surface area contributed by atoms with Crippen LogP contribution >= 0.6 is 0 Å². The molecule has 29 heavy (non-hydrogen) atoms. The highest BCUT2D eigenvalue weighted by atomic mass is 16.1. The van der Waals surface area contributed by atoms with Crippen LogP contribution < -0.4 is 5.32 Å². The normalized spacial score (nSPS) is 24.0. The second kappa shape index (κ2) is 7.29. The van der Waals surface area contributed by atoms with E-state index in [-0.39, 0.29) is 11.9 Å². The molecule has 1 heterocycles. The fourth-order valence-corrected chi connectivity index (χ4v) is 5.53. The number of nitrogens with zero attached hydrogens (tertiary/aromatic N) is 1. The Hall–Kier alpha value is -2.68. The molecule has 2 aliphatic carbocycles. The number of aryl methyl sites for hydroxylation is 1. The summed E-state index contributed by atoms with van der Waals surface area (Å²) in [7, 11) is 0. The van der Waals surface area contributed by atoms with Gasteiger partial charge in [0.2, 0.25) is 0 Å². The maximum absolute atomic E-state index is 13.3. The van der Waals surface area contributed by atoms with Gasteiger partial charge in [-0.1, -0.05) is 54.4 Å². The summed E-state index contributed by atoms with van der Waals surface area (Å²) in [6.07, 6.45) is 5.36. The molecule has 3 nitrogen and oxygen atoms in total. The molecule has 2 aromatic carbocycles. The van der Waals surface area contributed by atoms with Crippen molar-refractivity contribution in [2.24, 2.45) is 17.8 Å². The van der Waals surface area contributed by atoms with Crippen molar-refractivity contribution < 1.29 is 4.79 Å². The zero-order valence-corrected chi connectivity index (χ0v) is 17.2. The number of aromatic nitrogens is 1. The Balaban J connectivity index is 1.47. The monoisotopic (exact) mass is 384 g/mol. The average Bonchev–Trinajstić information content (AvgIpc) is 3.37. The molecule has 4 atom stereocenters. The van der Waals surface area contributed by atoms with Crippen molar-refractivity contribution in [3.8, 4) is 11.3 Å². The molecule has 2 saturated carbocycles. The molecule has 4 unspecified atom stereocenters. The number of pyridine rings is 1. The number of hydrogen-bond donors (Lipinski definition) is 1. The highest BCUT2D eigenvalue weighted by Crippen LogP contribution is 2.49. The number of nitrogens with one attached hydrogen (secondary N) is 1. The molecule has 0 radical (unpaired) electrons. The molecule has 3 aromatic rings. The van der Waals surface area contributed by atoms with Gasteiger partial charge >= 0.3 is 0 Å². The van der Waals surface area contributed by atoms with E-state index in [1.165, 1.54) is 31.2 Å². The maximum Gasteiger partial charge on any atom is 0.252 e. The van der Waals surface area contributed by atoms with Gasteiger partial charge < -0.3 is 5.32 Å². The molecule has 0 spiro atoms. The number of hydrogen-bond acceptors (Lipinski definition) is 2. The molecule has 2 aliphatic rings. The molecule has 2 bridgehead atoms. The van der Waals surface area contributed by atoms with E-state index in [0.29, 0.717) is 5.92 Å². The molecule has 148 valence electrons. The minimum absolute atomic E-state index is 0.0206. The van der Waals surface area contributed by atoms with Crippen LogP contribution in [0.4, 0.5) is 0 Å². The topological polar surface area (TPSA) is 42.0 Å². The molecular weight excluding hydrogens is 356 g/mol. The quantitative estimate of drug-likeness (QED) is 0.621. The van der Waals surface area contributed by atoms with E-state index < -0.39 is 0 Å². The van der Waals surface area contributed by atoms with Gasteiger partial charge in [0.25, 0.3) is 5.91 Å². The lowest BCUT2D eigenvalue weighted by atomic mass is 9.84. The van der Waals surface area contributed by atoms with Gasteiger partial charge in [-0.2, -0.15) is 0 Å². The molecule has 3 heteroatoms. The van der Waals surface area contributed by atoms with Crippen molar-refractivity contribution in [3.63, 3.8) is 0 Å². The Bertz CT molecular complexity index is 1060. The van der Waals surface area contributed by atoms with Crippen molar-refractivity contribution in [1.82, 2.24) is 10.3 Å². The van der Waals surface area contributed by atoms with Crippen LogP contribution in [0.3, 0.4) is 0 Å². The van der Waals surface area contributed by atoms with E-state index in [9.17, 15) is 4.79 Å². The summed E-state index contributed by atoms with van der Waals surface area (Å²) in [5.41, 5.74) is 4.69. The van der Waals surface area contributed by atoms with Crippen LogP contribution in [-0.2, 0) is 0 Å². The summed E-state index contributed by atoms with van der Waals surface area (Å²) in [5.74, 6) is 2.33. The molecule has 0 saturated heterocycles. The number of amides is 1. The predicted molar refractivity (Wildman–Crippen MR) is 118 cm³/mol. The average molecular weight is 385 g/mol. The van der Waals surface area contributed by atoms with Gasteiger partial charge in [0.05, 0.1) is 16.8 Å². The summed E-state index contributed by atoms with van der Waals surface area (Å²) in [5, 5.41) is 4.25. The van der Waals surface area contributed by atoms with Crippen LogP contribution in [0.1, 0.15) is 48.5 Å².